The van der Waals surface area contributed by atoms with E-state index < -0.39 is 0 Å². The number of rotatable bonds is 6. The van der Waals surface area contributed by atoms with E-state index >= 15 is 0 Å². The summed E-state index contributed by atoms with van der Waals surface area (Å²) in [5.41, 5.74) is 5.75. The number of carbonyl (C=O) groups excluding carboxylic acids is 1. The average Bonchev–Trinajstić information content (AvgIpc) is 2.73. The molecule has 3 unspecified atom stereocenters. The zero-order valence-electron chi connectivity index (χ0n) is 11.2. The fourth-order valence-electron chi connectivity index (χ4n) is 2.64. The first-order valence-electron chi connectivity index (χ1n) is 6.62. The molecule has 1 saturated carbocycles. The van der Waals surface area contributed by atoms with Crippen molar-refractivity contribution in [3.63, 3.8) is 0 Å². The Bertz CT molecular complexity index is 244. The highest BCUT2D eigenvalue weighted by molar-refractivity contribution is 5.75. The summed E-state index contributed by atoms with van der Waals surface area (Å²) in [7, 11) is 1.45. The van der Waals surface area contributed by atoms with E-state index in [4.69, 9.17) is 10.5 Å². The van der Waals surface area contributed by atoms with Crippen molar-refractivity contribution >= 4 is 5.97 Å². The molecule has 0 aromatic heterocycles. The van der Waals surface area contributed by atoms with Gasteiger partial charge in [0.1, 0.15) is 6.04 Å². The Kier molecular flexibility index (Phi) is 5.92. The summed E-state index contributed by atoms with van der Waals surface area (Å²) in [6.45, 7) is 4.94. The van der Waals surface area contributed by atoms with Crippen molar-refractivity contribution in [2.24, 2.45) is 17.6 Å². The first kappa shape index (κ1) is 14.5. The van der Waals surface area contributed by atoms with Crippen LogP contribution in [0.5, 0.6) is 0 Å². The molecule has 0 aromatic carbocycles. The molecule has 0 radical (unpaired) electrons. The number of methoxy groups -OCH3 is 1. The lowest BCUT2D eigenvalue weighted by molar-refractivity contribution is -0.143. The minimum atomic E-state index is -0.183. The lowest BCUT2D eigenvalue weighted by atomic mass is 9.99. The maximum absolute atomic E-state index is 11.7. The third kappa shape index (κ3) is 4.28. The Morgan fingerprint density at radius 1 is 1.47 bits per heavy atom. The molecule has 100 valence electrons. The molecule has 4 heteroatoms. The highest BCUT2D eigenvalue weighted by Gasteiger charge is 2.30. The van der Waals surface area contributed by atoms with Crippen molar-refractivity contribution in [3.05, 3.63) is 0 Å². The standard InChI is InChI=1S/C13H26N2O2/c1-9(2)7-12(13(16)17-3)15-11-6-4-5-10(11)8-14/h9-12,15H,4-8,14H2,1-3H3. The number of carbonyl (C=O) groups is 1. The van der Waals surface area contributed by atoms with Crippen molar-refractivity contribution in [3.8, 4) is 0 Å². The smallest absolute Gasteiger partial charge is 0.322 e. The number of nitrogens with two attached hydrogens (primary N) is 1. The van der Waals surface area contributed by atoms with Crippen LogP contribution in [0, 0.1) is 11.8 Å². The van der Waals surface area contributed by atoms with E-state index in [9.17, 15) is 4.79 Å². The topological polar surface area (TPSA) is 64.3 Å². The minimum Gasteiger partial charge on any atom is -0.468 e. The van der Waals surface area contributed by atoms with E-state index in [-0.39, 0.29) is 12.0 Å². The molecule has 1 aliphatic carbocycles. The van der Waals surface area contributed by atoms with Gasteiger partial charge in [-0.25, -0.2) is 0 Å². The van der Waals surface area contributed by atoms with E-state index in [2.05, 4.69) is 19.2 Å². The van der Waals surface area contributed by atoms with Gasteiger partial charge in [0.15, 0.2) is 0 Å². The Hall–Kier alpha value is -0.610. The maximum atomic E-state index is 11.7. The van der Waals surface area contributed by atoms with Crippen LogP contribution >= 0.6 is 0 Å². The number of nitrogens with one attached hydrogen (secondary N) is 1. The van der Waals surface area contributed by atoms with Gasteiger partial charge in [0.2, 0.25) is 0 Å². The van der Waals surface area contributed by atoms with Crippen molar-refractivity contribution in [1.29, 1.82) is 0 Å². The van der Waals surface area contributed by atoms with Crippen LogP contribution in [0.2, 0.25) is 0 Å². The van der Waals surface area contributed by atoms with Crippen LogP contribution in [-0.4, -0.2) is 31.7 Å². The summed E-state index contributed by atoms with van der Waals surface area (Å²) in [5, 5.41) is 3.44. The van der Waals surface area contributed by atoms with Crippen LogP contribution in [0.1, 0.15) is 39.5 Å². The molecule has 0 saturated heterocycles. The summed E-state index contributed by atoms with van der Waals surface area (Å²) in [6, 6.07) is 0.194. The first-order valence-corrected chi connectivity index (χ1v) is 6.62. The molecule has 3 atom stereocenters. The van der Waals surface area contributed by atoms with Crippen LogP contribution < -0.4 is 11.1 Å². The van der Waals surface area contributed by atoms with Gasteiger partial charge in [0.25, 0.3) is 0 Å². The van der Waals surface area contributed by atoms with Crippen LogP contribution in [0.4, 0.5) is 0 Å². The Balaban J connectivity index is 2.55. The lowest BCUT2D eigenvalue weighted by Gasteiger charge is -2.26. The molecular formula is C13H26N2O2. The molecule has 4 nitrogen and oxygen atoms in total. The Labute approximate surface area is 104 Å². The Morgan fingerprint density at radius 3 is 2.71 bits per heavy atom. The van der Waals surface area contributed by atoms with E-state index in [1.165, 1.54) is 20.0 Å². The number of esters is 1. The monoisotopic (exact) mass is 242 g/mol. The first-order chi connectivity index (χ1) is 8.08. The predicted molar refractivity (Wildman–Crippen MR) is 68.6 cm³/mol. The zero-order valence-corrected chi connectivity index (χ0v) is 11.2. The predicted octanol–water partition coefficient (Wildman–Crippen LogP) is 1.29. The largest absolute Gasteiger partial charge is 0.468 e. The van der Waals surface area contributed by atoms with Gasteiger partial charge in [-0.15, -0.1) is 0 Å². The minimum absolute atomic E-state index is 0.152. The molecule has 3 N–H and O–H groups in total. The normalized spacial score (nSPS) is 26.2. The summed E-state index contributed by atoms with van der Waals surface area (Å²) >= 11 is 0. The van der Waals surface area contributed by atoms with Gasteiger partial charge < -0.3 is 15.8 Å². The number of ether oxygens (including phenoxy) is 1. The lowest BCUT2D eigenvalue weighted by Crippen LogP contribution is -2.47. The van der Waals surface area contributed by atoms with Crippen molar-refractivity contribution in [2.45, 2.75) is 51.6 Å². The fourth-order valence-corrected chi connectivity index (χ4v) is 2.64. The molecule has 0 aliphatic heterocycles. The molecule has 1 fully saturated rings. The quantitative estimate of drug-likeness (QED) is 0.689. The van der Waals surface area contributed by atoms with Gasteiger partial charge in [0.05, 0.1) is 7.11 Å². The second-order valence-electron chi connectivity index (χ2n) is 5.41. The molecule has 0 amide bonds. The van der Waals surface area contributed by atoms with Gasteiger partial charge >= 0.3 is 5.97 Å². The third-order valence-corrected chi connectivity index (χ3v) is 3.57. The van der Waals surface area contributed by atoms with Crippen LogP contribution in [0.15, 0.2) is 0 Å². The summed E-state index contributed by atoms with van der Waals surface area (Å²) < 4.78 is 4.86. The zero-order chi connectivity index (χ0) is 12.8. The SMILES string of the molecule is COC(=O)C(CC(C)C)NC1CCCC1CN. The maximum Gasteiger partial charge on any atom is 0.322 e. The van der Waals surface area contributed by atoms with Gasteiger partial charge in [0, 0.05) is 6.04 Å². The van der Waals surface area contributed by atoms with Gasteiger partial charge in [-0.05, 0) is 37.6 Å². The molecule has 0 heterocycles. The van der Waals surface area contributed by atoms with Crippen LogP contribution in [0.3, 0.4) is 0 Å². The average molecular weight is 242 g/mol. The van der Waals surface area contributed by atoms with Crippen molar-refractivity contribution in [2.75, 3.05) is 13.7 Å². The fraction of sp³-hybridized carbons (Fsp3) is 0.923. The highest BCUT2D eigenvalue weighted by Crippen LogP contribution is 2.25. The van der Waals surface area contributed by atoms with E-state index in [1.807, 2.05) is 0 Å². The second-order valence-corrected chi connectivity index (χ2v) is 5.41. The molecule has 0 bridgehead atoms. The molecule has 1 aliphatic rings. The van der Waals surface area contributed by atoms with Gasteiger partial charge in [-0.1, -0.05) is 20.3 Å². The van der Waals surface area contributed by atoms with Crippen LogP contribution in [-0.2, 0) is 9.53 Å². The van der Waals surface area contributed by atoms with Crippen LogP contribution in [0.25, 0.3) is 0 Å². The summed E-state index contributed by atoms with van der Waals surface area (Å²) in [6.07, 6.45) is 4.31. The summed E-state index contributed by atoms with van der Waals surface area (Å²) in [5.74, 6) is 0.833. The highest BCUT2D eigenvalue weighted by atomic mass is 16.5. The molecule has 17 heavy (non-hydrogen) atoms. The van der Waals surface area contributed by atoms with Crippen molar-refractivity contribution < 1.29 is 9.53 Å². The molecule has 0 spiro atoms. The van der Waals surface area contributed by atoms with Gasteiger partial charge in [-0.2, -0.15) is 0 Å². The van der Waals surface area contributed by atoms with E-state index in [0.717, 1.165) is 12.8 Å². The van der Waals surface area contributed by atoms with E-state index in [0.29, 0.717) is 24.4 Å². The number of hydrogen-bond donors (Lipinski definition) is 2. The molecule has 1 rings (SSSR count). The van der Waals surface area contributed by atoms with Gasteiger partial charge in [-0.3, -0.25) is 4.79 Å². The third-order valence-electron chi connectivity index (χ3n) is 3.57. The Morgan fingerprint density at radius 2 is 2.18 bits per heavy atom. The second kappa shape index (κ2) is 6.97. The summed E-state index contributed by atoms with van der Waals surface area (Å²) in [4.78, 5) is 11.7. The molecular weight excluding hydrogens is 216 g/mol. The molecule has 0 aromatic rings. The number of hydrogen-bond acceptors (Lipinski definition) is 4. The van der Waals surface area contributed by atoms with Crippen molar-refractivity contribution in [1.82, 2.24) is 5.32 Å². The van der Waals surface area contributed by atoms with E-state index in [1.54, 1.807) is 0 Å².